The summed E-state index contributed by atoms with van der Waals surface area (Å²) in [5.41, 5.74) is 0. The van der Waals surface area contributed by atoms with Crippen LogP contribution in [0.25, 0.3) is 0 Å². The molecule has 0 aliphatic rings. The van der Waals surface area contributed by atoms with Gasteiger partial charge < -0.3 is 9.64 Å². The van der Waals surface area contributed by atoms with E-state index in [-0.39, 0.29) is 23.4 Å². The van der Waals surface area contributed by atoms with Gasteiger partial charge in [-0.15, -0.1) is 11.8 Å². The SMILES string of the molecule is CCOC(=O)CSCC(=O)N(C)CCC#N. The predicted molar refractivity (Wildman–Crippen MR) is 61.8 cm³/mol. The second-order valence-corrected chi connectivity index (χ2v) is 4.01. The Balaban J connectivity index is 3.65. The standard InChI is InChI=1S/C10H16N2O3S/c1-3-15-10(14)8-16-7-9(13)12(2)6-4-5-11/h3-4,6-8H2,1-2H3. The van der Waals surface area contributed by atoms with Crippen molar-refractivity contribution in [3.63, 3.8) is 0 Å². The van der Waals surface area contributed by atoms with Gasteiger partial charge in [0, 0.05) is 13.6 Å². The van der Waals surface area contributed by atoms with E-state index in [4.69, 9.17) is 10.00 Å². The third-order valence-corrected chi connectivity index (χ3v) is 2.63. The van der Waals surface area contributed by atoms with E-state index in [1.165, 1.54) is 16.7 Å². The van der Waals surface area contributed by atoms with Crippen molar-refractivity contribution in [3.05, 3.63) is 0 Å². The number of carbonyl (C=O) groups excluding carboxylic acids is 2. The van der Waals surface area contributed by atoms with Gasteiger partial charge in [-0.1, -0.05) is 0 Å². The van der Waals surface area contributed by atoms with Gasteiger partial charge in [-0.3, -0.25) is 9.59 Å². The Morgan fingerprint density at radius 1 is 1.44 bits per heavy atom. The van der Waals surface area contributed by atoms with Gasteiger partial charge in [0.25, 0.3) is 0 Å². The fourth-order valence-corrected chi connectivity index (χ4v) is 1.62. The van der Waals surface area contributed by atoms with Crippen molar-refractivity contribution < 1.29 is 14.3 Å². The Kier molecular flexibility index (Phi) is 8.35. The highest BCUT2D eigenvalue weighted by Crippen LogP contribution is 2.03. The van der Waals surface area contributed by atoms with Gasteiger partial charge in [-0.2, -0.15) is 5.26 Å². The summed E-state index contributed by atoms with van der Waals surface area (Å²) >= 11 is 1.22. The number of nitrogens with zero attached hydrogens (tertiary/aromatic N) is 2. The van der Waals surface area contributed by atoms with Crippen molar-refractivity contribution in [1.29, 1.82) is 5.26 Å². The average Bonchev–Trinajstić information content (AvgIpc) is 2.26. The highest BCUT2D eigenvalue weighted by Gasteiger charge is 2.09. The maximum atomic E-state index is 11.4. The molecule has 16 heavy (non-hydrogen) atoms. The molecule has 6 heteroatoms. The van der Waals surface area contributed by atoms with Crippen molar-refractivity contribution in [2.45, 2.75) is 13.3 Å². The molecule has 0 unspecified atom stereocenters. The molecule has 0 atom stereocenters. The Morgan fingerprint density at radius 3 is 2.69 bits per heavy atom. The summed E-state index contributed by atoms with van der Waals surface area (Å²) in [6.07, 6.45) is 0.324. The number of thioether (sulfide) groups is 1. The summed E-state index contributed by atoms with van der Waals surface area (Å²) in [4.78, 5) is 23.9. The molecule has 0 radical (unpaired) electrons. The molecule has 0 aromatic rings. The van der Waals surface area contributed by atoms with Gasteiger partial charge in [0.15, 0.2) is 0 Å². The maximum absolute atomic E-state index is 11.4. The first-order valence-electron chi connectivity index (χ1n) is 4.96. The van der Waals surface area contributed by atoms with E-state index in [1.807, 2.05) is 6.07 Å². The van der Waals surface area contributed by atoms with E-state index in [0.29, 0.717) is 19.6 Å². The molecule has 0 bridgehead atoms. The molecule has 5 nitrogen and oxygen atoms in total. The van der Waals surface area contributed by atoms with Gasteiger partial charge >= 0.3 is 5.97 Å². The van der Waals surface area contributed by atoms with E-state index < -0.39 is 0 Å². The van der Waals surface area contributed by atoms with Crippen LogP contribution in [-0.4, -0.2) is 48.5 Å². The van der Waals surface area contributed by atoms with Crippen molar-refractivity contribution in [2.24, 2.45) is 0 Å². The first-order valence-corrected chi connectivity index (χ1v) is 6.11. The first-order chi connectivity index (χ1) is 7.61. The summed E-state index contributed by atoms with van der Waals surface area (Å²) in [5, 5.41) is 8.35. The minimum Gasteiger partial charge on any atom is -0.465 e. The Labute approximate surface area is 99.7 Å². The largest absolute Gasteiger partial charge is 0.465 e. The van der Waals surface area contributed by atoms with Gasteiger partial charge in [0.1, 0.15) is 0 Å². The summed E-state index contributed by atoms with van der Waals surface area (Å²) in [5.74, 6) is 0.0383. The number of ether oxygens (including phenoxy) is 1. The fraction of sp³-hybridized carbons (Fsp3) is 0.700. The van der Waals surface area contributed by atoms with Crippen LogP contribution in [0.1, 0.15) is 13.3 Å². The second kappa shape index (κ2) is 9.04. The number of rotatable bonds is 7. The molecule has 0 aromatic carbocycles. The van der Waals surface area contributed by atoms with Crippen LogP contribution in [0.15, 0.2) is 0 Å². The molecule has 0 N–H and O–H groups in total. The zero-order chi connectivity index (χ0) is 12.4. The molecule has 0 saturated heterocycles. The van der Waals surface area contributed by atoms with Crippen LogP contribution in [-0.2, 0) is 14.3 Å². The lowest BCUT2D eigenvalue weighted by molar-refractivity contribution is -0.139. The van der Waals surface area contributed by atoms with Crippen LogP contribution in [0.4, 0.5) is 0 Å². The molecule has 0 rings (SSSR count). The minimum atomic E-state index is -0.306. The number of hydrogen-bond acceptors (Lipinski definition) is 5. The van der Waals surface area contributed by atoms with Crippen molar-refractivity contribution >= 4 is 23.6 Å². The molecule has 0 aliphatic heterocycles. The molecule has 0 fully saturated rings. The van der Waals surface area contributed by atoms with Gasteiger partial charge in [-0.05, 0) is 6.92 Å². The van der Waals surface area contributed by atoms with E-state index in [0.717, 1.165) is 0 Å². The van der Waals surface area contributed by atoms with E-state index in [1.54, 1.807) is 14.0 Å². The van der Waals surface area contributed by atoms with Crippen LogP contribution in [0.3, 0.4) is 0 Å². The first kappa shape index (κ1) is 14.8. The topological polar surface area (TPSA) is 70.4 Å². The number of nitriles is 1. The lowest BCUT2D eigenvalue weighted by atomic mass is 10.4. The smallest absolute Gasteiger partial charge is 0.315 e. The van der Waals surface area contributed by atoms with Crippen LogP contribution < -0.4 is 0 Å². The third kappa shape index (κ3) is 7.12. The summed E-state index contributed by atoms with van der Waals surface area (Å²) in [6, 6.07) is 1.97. The minimum absolute atomic E-state index is 0.0791. The lowest BCUT2D eigenvalue weighted by Crippen LogP contribution is -2.29. The molecule has 0 aliphatic carbocycles. The Morgan fingerprint density at radius 2 is 2.12 bits per heavy atom. The van der Waals surface area contributed by atoms with Crippen molar-refractivity contribution in [3.8, 4) is 6.07 Å². The quantitative estimate of drug-likeness (QED) is 0.615. The molecule has 0 heterocycles. The highest BCUT2D eigenvalue weighted by atomic mass is 32.2. The van der Waals surface area contributed by atoms with Gasteiger partial charge in [0.2, 0.25) is 5.91 Å². The average molecular weight is 244 g/mol. The lowest BCUT2D eigenvalue weighted by Gasteiger charge is -2.14. The Hall–Kier alpha value is -1.22. The van der Waals surface area contributed by atoms with Crippen LogP contribution >= 0.6 is 11.8 Å². The van der Waals surface area contributed by atoms with Crippen LogP contribution in [0.2, 0.25) is 0 Å². The van der Waals surface area contributed by atoms with Crippen molar-refractivity contribution in [1.82, 2.24) is 4.90 Å². The summed E-state index contributed by atoms with van der Waals surface area (Å²) < 4.78 is 4.72. The molecule has 90 valence electrons. The molecule has 0 spiro atoms. The number of carbonyl (C=O) groups is 2. The zero-order valence-corrected chi connectivity index (χ0v) is 10.4. The second-order valence-electron chi connectivity index (χ2n) is 3.02. The molecular formula is C10H16N2O3S. The van der Waals surface area contributed by atoms with E-state index in [9.17, 15) is 9.59 Å². The van der Waals surface area contributed by atoms with Crippen molar-refractivity contribution in [2.75, 3.05) is 31.7 Å². The maximum Gasteiger partial charge on any atom is 0.315 e. The molecule has 0 saturated carbocycles. The molecular weight excluding hydrogens is 228 g/mol. The zero-order valence-electron chi connectivity index (χ0n) is 9.56. The number of amides is 1. The van der Waals surface area contributed by atoms with E-state index in [2.05, 4.69) is 0 Å². The predicted octanol–water partition coefficient (Wildman–Crippen LogP) is 0.655. The monoisotopic (exact) mass is 244 g/mol. The van der Waals surface area contributed by atoms with Crippen LogP contribution in [0, 0.1) is 11.3 Å². The summed E-state index contributed by atoms with van der Waals surface area (Å²) in [6.45, 7) is 2.52. The fourth-order valence-electron chi connectivity index (χ4n) is 0.877. The normalized spacial score (nSPS) is 9.31. The number of esters is 1. The van der Waals surface area contributed by atoms with Gasteiger partial charge in [0.05, 0.1) is 30.6 Å². The molecule has 0 aromatic heterocycles. The molecule has 1 amide bonds. The Bertz CT molecular complexity index is 276. The number of hydrogen-bond donors (Lipinski definition) is 0. The van der Waals surface area contributed by atoms with E-state index >= 15 is 0 Å². The highest BCUT2D eigenvalue weighted by molar-refractivity contribution is 8.00. The van der Waals surface area contributed by atoms with Gasteiger partial charge in [-0.25, -0.2) is 0 Å². The summed E-state index contributed by atoms with van der Waals surface area (Å²) in [7, 11) is 1.64. The third-order valence-electron chi connectivity index (χ3n) is 1.74. The van der Waals surface area contributed by atoms with Crippen LogP contribution in [0.5, 0.6) is 0 Å².